The Morgan fingerprint density at radius 1 is 1.23 bits per heavy atom. The van der Waals surface area contributed by atoms with E-state index < -0.39 is 21.8 Å². The fourth-order valence-electron chi connectivity index (χ4n) is 3.29. The molecule has 0 fully saturated rings. The summed E-state index contributed by atoms with van der Waals surface area (Å²) in [6.45, 7) is 2.18. The van der Waals surface area contributed by atoms with E-state index in [1.54, 1.807) is 12.1 Å². The summed E-state index contributed by atoms with van der Waals surface area (Å²) >= 11 is 0. The minimum Gasteiger partial charge on any atom is -0.492 e. The average molecular weight is 442 g/mol. The van der Waals surface area contributed by atoms with Crippen molar-refractivity contribution in [2.45, 2.75) is 20.0 Å². The van der Waals surface area contributed by atoms with Gasteiger partial charge in [0.2, 0.25) is 21.8 Å². The lowest BCUT2D eigenvalue weighted by Crippen LogP contribution is -2.39. The largest absolute Gasteiger partial charge is 0.492 e. The highest BCUT2D eigenvalue weighted by Crippen LogP contribution is 2.32. The first-order chi connectivity index (χ1) is 14.8. The average Bonchev–Trinajstić information content (AvgIpc) is 3.11. The van der Waals surface area contributed by atoms with Crippen LogP contribution in [0.1, 0.15) is 17.0 Å². The maximum atomic E-state index is 12.1. The minimum atomic E-state index is -3.60. The van der Waals surface area contributed by atoms with Crippen LogP contribution in [0.25, 0.3) is 11.5 Å². The van der Waals surface area contributed by atoms with Gasteiger partial charge in [0.1, 0.15) is 36.2 Å². The molecule has 9 heteroatoms. The summed E-state index contributed by atoms with van der Waals surface area (Å²) in [6.07, 6.45) is 1.34. The molecule has 1 amide bonds. The van der Waals surface area contributed by atoms with Gasteiger partial charge < -0.3 is 13.9 Å². The second kappa shape index (κ2) is 8.43. The number of ether oxygens (including phenoxy) is 2. The zero-order valence-electron chi connectivity index (χ0n) is 17.1. The molecule has 8 nitrogen and oxygen atoms in total. The van der Waals surface area contributed by atoms with Crippen LogP contribution in [-0.2, 0) is 27.8 Å². The predicted octanol–water partition coefficient (Wildman–Crippen LogP) is 2.86. The van der Waals surface area contributed by atoms with Gasteiger partial charge in [0.05, 0.1) is 12.2 Å². The van der Waals surface area contributed by atoms with Gasteiger partial charge in [-0.05, 0) is 37.1 Å². The van der Waals surface area contributed by atoms with E-state index in [4.69, 9.17) is 13.9 Å². The van der Waals surface area contributed by atoms with E-state index in [0.717, 1.165) is 17.4 Å². The number of sulfonamides is 1. The van der Waals surface area contributed by atoms with Crippen molar-refractivity contribution in [3.8, 4) is 23.0 Å². The third kappa shape index (κ3) is 5.05. The van der Waals surface area contributed by atoms with E-state index in [2.05, 4.69) is 4.98 Å². The minimum absolute atomic E-state index is 0.0979. The van der Waals surface area contributed by atoms with Crippen LogP contribution >= 0.6 is 0 Å². The molecular formula is C22H22N2O6S. The van der Waals surface area contributed by atoms with Crippen molar-refractivity contribution < 1.29 is 27.1 Å². The predicted molar refractivity (Wildman–Crippen MR) is 113 cm³/mol. The van der Waals surface area contributed by atoms with Crippen molar-refractivity contribution in [2.75, 3.05) is 12.9 Å². The van der Waals surface area contributed by atoms with Crippen LogP contribution in [0.3, 0.4) is 0 Å². The lowest BCUT2D eigenvalue weighted by Gasteiger charge is -2.24. The van der Waals surface area contributed by atoms with Gasteiger partial charge in [-0.15, -0.1) is 0 Å². The monoisotopic (exact) mass is 442 g/mol. The molecule has 1 aliphatic rings. The Morgan fingerprint density at radius 2 is 2.00 bits per heavy atom. The number of nitrogens with one attached hydrogen (secondary N) is 1. The smallest absolute Gasteiger partial charge is 0.240 e. The first-order valence-electron chi connectivity index (χ1n) is 9.70. The van der Waals surface area contributed by atoms with Crippen molar-refractivity contribution in [3.05, 3.63) is 65.5 Å². The summed E-state index contributed by atoms with van der Waals surface area (Å²) in [6, 6.07) is 15.0. The molecule has 2 aromatic carbocycles. The number of oxazole rings is 1. The summed E-state index contributed by atoms with van der Waals surface area (Å²) in [5, 5.41) is 0. The van der Waals surface area contributed by atoms with Crippen LogP contribution in [0, 0.1) is 12.8 Å². The van der Waals surface area contributed by atoms with E-state index in [-0.39, 0.29) is 13.2 Å². The first-order valence-corrected chi connectivity index (χ1v) is 11.6. The highest BCUT2D eigenvalue weighted by atomic mass is 32.2. The number of aryl methyl sites for hydroxylation is 1. The third-order valence-corrected chi connectivity index (χ3v) is 5.46. The maximum Gasteiger partial charge on any atom is 0.240 e. The fourth-order valence-corrected chi connectivity index (χ4v) is 3.83. The summed E-state index contributed by atoms with van der Waals surface area (Å²) in [5.74, 6) is 1.31. The summed E-state index contributed by atoms with van der Waals surface area (Å²) in [5.41, 5.74) is 2.42. The molecule has 0 saturated carbocycles. The number of rotatable bonds is 6. The quantitative estimate of drug-likeness (QED) is 0.625. The highest BCUT2D eigenvalue weighted by Gasteiger charge is 2.28. The van der Waals surface area contributed by atoms with Crippen LogP contribution in [0.2, 0.25) is 0 Å². The SMILES string of the molecule is Cc1oc(-c2ccccc2)nc1COc1ccc2c(c1)OCC(C(=O)NS(C)(=O)=O)C2. The van der Waals surface area contributed by atoms with Gasteiger partial charge in [-0.2, -0.15) is 0 Å². The van der Waals surface area contributed by atoms with Crippen LogP contribution in [0.4, 0.5) is 0 Å². The molecule has 2 heterocycles. The number of carbonyl (C=O) groups is 1. The van der Waals surface area contributed by atoms with E-state index in [9.17, 15) is 13.2 Å². The van der Waals surface area contributed by atoms with Crippen molar-refractivity contribution in [2.24, 2.45) is 5.92 Å². The Balaban J connectivity index is 1.41. The van der Waals surface area contributed by atoms with Crippen molar-refractivity contribution in [1.29, 1.82) is 0 Å². The molecule has 31 heavy (non-hydrogen) atoms. The Morgan fingerprint density at radius 3 is 2.74 bits per heavy atom. The van der Waals surface area contributed by atoms with Crippen LogP contribution < -0.4 is 14.2 Å². The lowest BCUT2D eigenvalue weighted by molar-refractivity contribution is -0.124. The normalized spacial score (nSPS) is 15.6. The van der Waals surface area contributed by atoms with E-state index in [1.807, 2.05) is 48.0 Å². The van der Waals surface area contributed by atoms with E-state index in [0.29, 0.717) is 35.3 Å². The lowest BCUT2D eigenvalue weighted by atomic mass is 9.96. The summed E-state index contributed by atoms with van der Waals surface area (Å²) < 4.78 is 41.8. The second-order valence-electron chi connectivity index (χ2n) is 7.40. The van der Waals surface area contributed by atoms with Crippen LogP contribution in [0.15, 0.2) is 52.9 Å². The zero-order valence-corrected chi connectivity index (χ0v) is 17.9. The molecule has 0 radical (unpaired) electrons. The number of benzene rings is 2. The number of nitrogens with zero attached hydrogens (tertiary/aromatic N) is 1. The topological polar surface area (TPSA) is 108 Å². The molecule has 0 bridgehead atoms. The Labute approximate surface area is 180 Å². The maximum absolute atomic E-state index is 12.1. The zero-order chi connectivity index (χ0) is 22.0. The standard InChI is InChI=1S/C22H22N2O6S/c1-14-19(23-22(30-14)15-6-4-3-5-7-15)13-28-18-9-8-16-10-17(12-29-20(16)11-18)21(25)24-31(2,26)27/h3-9,11,17H,10,12-13H2,1-2H3,(H,24,25). The van der Waals surface area contributed by atoms with Crippen LogP contribution in [0.5, 0.6) is 11.5 Å². The number of carbonyl (C=O) groups excluding carboxylic acids is 1. The molecule has 1 atom stereocenters. The molecule has 1 aliphatic heterocycles. The van der Waals surface area contributed by atoms with Crippen molar-refractivity contribution >= 4 is 15.9 Å². The van der Waals surface area contributed by atoms with Gasteiger partial charge in [0, 0.05) is 11.6 Å². The number of aromatic nitrogens is 1. The Bertz CT molecular complexity index is 1200. The summed E-state index contributed by atoms with van der Waals surface area (Å²) in [7, 11) is -3.60. The number of hydrogen-bond donors (Lipinski definition) is 1. The molecule has 162 valence electrons. The van der Waals surface area contributed by atoms with Gasteiger partial charge in [-0.1, -0.05) is 24.3 Å². The van der Waals surface area contributed by atoms with Crippen LogP contribution in [-0.4, -0.2) is 32.2 Å². The number of hydrogen-bond acceptors (Lipinski definition) is 7. The molecule has 1 aromatic heterocycles. The summed E-state index contributed by atoms with van der Waals surface area (Å²) in [4.78, 5) is 16.6. The molecule has 4 rings (SSSR count). The Kier molecular flexibility index (Phi) is 5.69. The molecule has 0 saturated heterocycles. The Hall–Kier alpha value is -3.33. The van der Waals surface area contributed by atoms with Gasteiger partial charge >= 0.3 is 0 Å². The third-order valence-electron chi connectivity index (χ3n) is 4.89. The molecule has 0 spiro atoms. The molecule has 1 N–H and O–H groups in total. The number of amides is 1. The number of fused-ring (bicyclic) bond motifs is 1. The van der Waals surface area contributed by atoms with Gasteiger partial charge in [-0.25, -0.2) is 13.4 Å². The molecule has 3 aromatic rings. The van der Waals surface area contributed by atoms with E-state index >= 15 is 0 Å². The van der Waals surface area contributed by atoms with Crippen molar-refractivity contribution in [3.63, 3.8) is 0 Å². The fraction of sp³-hybridized carbons (Fsp3) is 0.273. The van der Waals surface area contributed by atoms with Crippen molar-refractivity contribution in [1.82, 2.24) is 9.71 Å². The van der Waals surface area contributed by atoms with Gasteiger partial charge in [0.25, 0.3) is 0 Å². The van der Waals surface area contributed by atoms with E-state index in [1.165, 1.54) is 0 Å². The first kappa shape index (κ1) is 20.9. The van der Waals surface area contributed by atoms with Gasteiger partial charge in [0.15, 0.2) is 0 Å². The molecular weight excluding hydrogens is 420 g/mol. The molecule has 1 unspecified atom stereocenters. The molecule has 0 aliphatic carbocycles. The second-order valence-corrected chi connectivity index (χ2v) is 9.15. The van der Waals surface area contributed by atoms with Gasteiger partial charge in [-0.3, -0.25) is 9.52 Å². The highest BCUT2D eigenvalue weighted by molar-refractivity contribution is 7.89.